The smallest absolute Gasteiger partial charge is 0.185 e. The maximum absolute atomic E-state index is 4.84. The molecule has 1 aliphatic heterocycles. The van der Waals surface area contributed by atoms with E-state index in [4.69, 9.17) is 4.98 Å². The van der Waals surface area contributed by atoms with Crippen LogP contribution in [0.3, 0.4) is 0 Å². The lowest BCUT2D eigenvalue weighted by Crippen LogP contribution is -2.44. The van der Waals surface area contributed by atoms with E-state index < -0.39 is 0 Å². The lowest BCUT2D eigenvalue weighted by Gasteiger charge is -2.37. The monoisotopic (exact) mass is 299 g/mol. The molecule has 1 N–H and O–H groups in total. The first-order chi connectivity index (χ1) is 9.13. The largest absolute Gasteiger partial charge is 0.343 e. The van der Waals surface area contributed by atoms with Gasteiger partial charge in [0, 0.05) is 35.0 Å². The minimum absolute atomic E-state index is 0.358. The van der Waals surface area contributed by atoms with Gasteiger partial charge in [-0.15, -0.1) is 11.3 Å². The summed E-state index contributed by atoms with van der Waals surface area (Å²) in [6, 6.07) is 0.938. The Balaban J connectivity index is 2.03. The van der Waals surface area contributed by atoms with E-state index in [2.05, 4.69) is 55.1 Å². The number of anilines is 1. The van der Waals surface area contributed by atoms with E-state index in [1.165, 1.54) is 23.0 Å². The number of hydrogen-bond donors (Lipinski definition) is 1. The molecule has 1 aromatic rings. The molecule has 0 saturated carbocycles. The van der Waals surface area contributed by atoms with Crippen LogP contribution >= 0.6 is 23.1 Å². The van der Waals surface area contributed by atoms with Gasteiger partial charge in [0.2, 0.25) is 0 Å². The Morgan fingerprint density at radius 1 is 1.53 bits per heavy atom. The molecule has 1 saturated heterocycles. The maximum atomic E-state index is 4.84. The van der Waals surface area contributed by atoms with Crippen molar-refractivity contribution in [1.29, 1.82) is 0 Å². The van der Waals surface area contributed by atoms with Crippen LogP contribution < -0.4 is 10.2 Å². The van der Waals surface area contributed by atoms with Crippen molar-refractivity contribution in [2.24, 2.45) is 0 Å². The number of thioether (sulfide) groups is 1. The first-order valence-electron chi connectivity index (χ1n) is 7.20. The minimum atomic E-state index is 0.358. The molecule has 2 heterocycles. The van der Waals surface area contributed by atoms with Gasteiger partial charge in [0.25, 0.3) is 0 Å². The molecule has 1 aliphatic rings. The summed E-state index contributed by atoms with van der Waals surface area (Å²) in [7, 11) is 0. The van der Waals surface area contributed by atoms with E-state index in [1.807, 2.05) is 0 Å². The molecule has 5 heteroatoms. The van der Waals surface area contributed by atoms with Crippen molar-refractivity contribution < 1.29 is 0 Å². The van der Waals surface area contributed by atoms with Crippen molar-refractivity contribution >= 4 is 28.2 Å². The maximum Gasteiger partial charge on any atom is 0.185 e. The Labute approximate surface area is 125 Å². The molecular weight excluding hydrogens is 274 g/mol. The molecule has 1 aromatic heterocycles. The van der Waals surface area contributed by atoms with Gasteiger partial charge < -0.3 is 10.2 Å². The Morgan fingerprint density at radius 2 is 2.32 bits per heavy atom. The SMILES string of the molecule is CCCNC(C)c1csc(N2CCSC(C)C2C)n1. The molecule has 0 aromatic carbocycles. The lowest BCUT2D eigenvalue weighted by molar-refractivity contribution is 0.558. The highest BCUT2D eigenvalue weighted by Gasteiger charge is 2.27. The van der Waals surface area contributed by atoms with Gasteiger partial charge in [0.1, 0.15) is 0 Å². The summed E-state index contributed by atoms with van der Waals surface area (Å²) in [4.78, 5) is 7.32. The normalized spacial score (nSPS) is 25.6. The van der Waals surface area contributed by atoms with Crippen LogP contribution in [0.4, 0.5) is 5.13 Å². The highest BCUT2D eigenvalue weighted by Crippen LogP contribution is 2.32. The van der Waals surface area contributed by atoms with Gasteiger partial charge in [-0.2, -0.15) is 11.8 Å². The highest BCUT2D eigenvalue weighted by molar-refractivity contribution is 8.00. The third-order valence-corrected chi connectivity index (χ3v) is 6.02. The molecule has 3 nitrogen and oxygen atoms in total. The van der Waals surface area contributed by atoms with Crippen molar-refractivity contribution in [2.75, 3.05) is 23.7 Å². The van der Waals surface area contributed by atoms with E-state index in [0.717, 1.165) is 13.1 Å². The molecule has 2 rings (SSSR count). The molecule has 3 atom stereocenters. The zero-order valence-electron chi connectivity index (χ0n) is 12.3. The summed E-state index contributed by atoms with van der Waals surface area (Å²) in [5.74, 6) is 1.21. The van der Waals surface area contributed by atoms with Gasteiger partial charge in [0.05, 0.1) is 5.69 Å². The fourth-order valence-electron chi connectivity index (χ4n) is 2.28. The number of thiazole rings is 1. The van der Waals surface area contributed by atoms with Crippen LogP contribution in [0.15, 0.2) is 5.38 Å². The van der Waals surface area contributed by atoms with Crippen molar-refractivity contribution in [2.45, 2.75) is 51.4 Å². The Hall–Kier alpha value is -0.260. The third kappa shape index (κ3) is 3.64. The van der Waals surface area contributed by atoms with Crippen molar-refractivity contribution in [3.63, 3.8) is 0 Å². The first kappa shape index (κ1) is 15.1. The van der Waals surface area contributed by atoms with E-state index in [1.54, 1.807) is 11.3 Å². The molecular formula is C14H25N3S2. The van der Waals surface area contributed by atoms with Crippen molar-refractivity contribution in [1.82, 2.24) is 10.3 Å². The molecule has 19 heavy (non-hydrogen) atoms. The number of rotatable bonds is 5. The molecule has 0 bridgehead atoms. The molecule has 0 aliphatic carbocycles. The number of nitrogens with zero attached hydrogens (tertiary/aromatic N) is 2. The highest BCUT2D eigenvalue weighted by atomic mass is 32.2. The molecule has 3 unspecified atom stereocenters. The zero-order valence-corrected chi connectivity index (χ0v) is 14.0. The quantitative estimate of drug-likeness (QED) is 0.900. The van der Waals surface area contributed by atoms with E-state index in [0.29, 0.717) is 17.3 Å². The van der Waals surface area contributed by atoms with E-state index in [-0.39, 0.29) is 0 Å². The second-order valence-corrected chi connectivity index (χ2v) is 7.56. The fourth-order valence-corrected chi connectivity index (χ4v) is 4.41. The summed E-state index contributed by atoms with van der Waals surface area (Å²) in [5, 5.41) is 7.60. The number of hydrogen-bond acceptors (Lipinski definition) is 5. The average molecular weight is 300 g/mol. The standard InChI is InChI=1S/C14H25N3S2/c1-5-6-15-10(2)13-9-19-14(16-13)17-7-8-18-12(4)11(17)3/h9-12,15H,5-8H2,1-4H3. The van der Waals surface area contributed by atoms with Gasteiger partial charge in [-0.1, -0.05) is 13.8 Å². The lowest BCUT2D eigenvalue weighted by atomic mass is 10.2. The topological polar surface area (TPSA) is 28.2 Å². The Morgan fingerprint density at radius 3 is 3.05 bits per heavy atom. The summed E-state index contributed by atoms with van der Waals surface area (Å²) in [6.45, 7) is 11.2. The first-order valence-corrected chi connectivity index (χ1v) is 9.13. The predicted octanol–water partition coefficient (Wildman–Crippen LogP) is 3.53. The summed E-state index contributed by atoms with van der Waals surface area (Å²) in [6.07, 6.45) is 1.17. The van der Waals surface area contributed by atoms with Gasteiger partial charge in [-0.25, -0.2) is 4.98 Å². The van der Waals surface area contributed by atoms with Gasteiger partial charge in [-0.05, 0) is 26.8 Å². The van der Waals surface area contributed by atoms with E-state index >= 15 is 0 Å². The van der Waals surface area contributed by atoms with Crippen molar-refractivity contribution in [3.05, 3.63) is 11.1 Å². The average Bonchev–Trinajstić information content (AvgIpc) is 2.88. The van der Waals surface area contributed by atoms with Crippen LogP contribution in [0.2, 0.25) is 0 Å². The Kier molecular flexibility index (Phi) is 5.54. The molecule has 0 spiro atoms. The zero-order chi connectivity index (χ0) is 13.8. The molecule has 0 radical (unpaired) electrons. The number of nitrogens with one attached hydrogen (secondary N) is 1. The number of aromatic nitrogens is 1. The summed E-state index contributed by atoms with van der Waals surface area (Å²) in [5.41, 5.74) is 1.19. The summed E-state index contributed by atoms with van der Waals surface area (Å²) < 4.78 is 0. The van der Waals surface area contributed by atoms with E-state index in [9.17, 15) is 0 Å². The van der Waals surface area contributed by atoms with Gasteiger partial charge in [0.15, 0.2) is 5.13 Å². The van der Waals surface area contributed by atoms with Crippen LogP contribution in [0.25, 0.3) is 0 Å². The predicted molar refractivity (Wildman–Crippen MR) is 87.6 cm³/mol. The van der Waals surface area contributed by atoms with Crippen LogP contribution in [-0.4, -0.2) is 35.1 Å². The fraction of sp³-hybridized carbons (Fsp3) is 0.786. The molecule has 1 fully saturated rings. The third-order valence-electron chi connectivity index (χ3n) is 3.78. The Bertz CT molecular complexity index is 394. The molecule has 108 valence electrons. The van der Waals surface area contributed by atoms with Gasteiger partial charge >= 0.3 is 0 Å². The van der Waals surface area contributed by atoms with Crippen LogP contribution in [-0.2, 0) is 0 Å². The summed E-state index contributed by atoms with van der Waals surface area (Å²) >= 11 is 3.86. The minimum Gasteiger partial charge on any atom is -0.343 e. The molecule has 0 amide bonds. The van der Waals surface area contributed by atoms with Gasteiger partial charge in [-0.3, -0.25) is 0 Å². The van der Waals surface area contributed by atoms with Crippen LogP contribution in [0.1, 0.15) is 45.9 Å². The van der Waals surface area contributed by atoms with Crippen LogP contribution in [0, 0.1) is 0 Å². The van der Waals surface area contributed by atoms with Crippen molar-refractivity contribution in [3.8, 4) is 0 Å². The second kappa shape index (κ2) is 6.95. The van der Waals surface area contributed by atoms with Crippen LogP contribution in [0.5, 0.6) is 0 Å². The second-order valence-electron chi connectivity index (χ2n) is 5.24.